The van der Waals surface area contributed by atoms with Crippen molar-refractivity contribution in [1.82, 2.24) is 19.5 Å². The van der Waals surface area contributed by atoms with E-state index in [9.17, 15) is 0 Å². The number of aromatic nitrogens is 4. The van der Waals surface area contributed by atoms with E-state index in [-0.39, 0.29) is 12.1 Å². The summed E-state index contributed by atoms with van der Waals surface area (Å²) in [6, 6.07) is 28.1. The molecule has 2 atom stereocenters. The summed E-state index contributed by atoms with van der Waals surface area (Å²) >= 11 is 0. The lowest BCUT2D eigenvalue weighted by molar-refractivity contribution is 0.0780. The monoisotopic (exact) mass is 509 g/mol. The number of hydrogen-bond acceptors (Lipinski definition) is 7. The second-order valence-electron chi connectivity index (χ2n) is 9.13. The van der Waals surface area contributed by atoms with Crippen molar-refractivity contribution in [3.05, 3.63) is 114 Å². The molecule has 38 heavy (non-hydrogen) atoms. The van der Waals surface area contributed by atoms with Crippen LogP contribution < -0.4 is 10.5 Å². The normalized spacial score (nSPS) is 13.4. The van der Waals surface area contributed by atoms with Crippen LogP contribution in [0.5, 0.6) is 5.75 Å². The van der Waals surface area contributed by atoms with Crippen molar-refractivity contribution >= 4 is 5.82 Å². The minimum Gasteiger partial charge on any atom is -0.489 e. The van der Waals surface area contributed by atoms with E-state index in [4.69, 9.17) is 24.9 Å². The highest BCUT2D eigenvalue weighted by atomic mass is 16.5. The molecule has 3 heterocycles. The van der Waals surface area contributed by atoms with Crippen LogP contribution in [-0.2, 0) is 22.7 Å². The average Bonchev–Trinajstić information content (AvgIpc) is 3.55. The lowest BCUT2D eigenvalue weighted by atomic mass is 10.2. The molecule has 6 rings (SSSR count). The number of nitrogens with zero attached hydrogens (tertiary/aromatic N) is 4. The molecule has 2 unspecified atom stereocenters. The van der Waals surface area contributed by atoms with Gasteiger partial charge >= 0.3 is 0 Å². The molecule has 0 spiro atoms. The predicted octanol–water partition coefficient (Wildman–Crippen LogP) is 5.45. The average molecular weight is 510 g/mol. The Balaban J connectivity index is 0.000000310. The van der Waals surface area contributed by atoms with Crippen molar-refractivity contribution < 1.29 is 14.2 Å². The van der Waals surface area contributed by atoms with E-state index in [0.717, 1.165) is 23.5 Å². The third-order valence-corrected chi connectivity index (χ3v) is 6.25. The number of methoxy groups -OCH3 is 1. The Hall–Kier alpha value is -4.27. The molecule has 2 bridgehead atoms. The number of nitrogens with two attached hydrogens (primary N) is 1. The lowest BCUT2D eigenvalue weighted by Gasteiger charge is -2.21. The first-order valence-electron chi connectivity index (χ1n) is 12.5. The number of ether oxygens (including phenoxy) is 3. The van der Waals surface area contributed by atoms with Crippen LogP contribution in [0.2, 0.25) is 0 Å². The van der Waals surface area contributed by atoms with Gasteiger partial charge in [0.1, 0.15) is 24.5 Å². The standard InChI is InChI=1S/C23H25N5O2.C7H6O/c1-16(13-30-14-17-9-5-3-6-10-17)21-26-19-20(24)25-15-28(22(19)27-21)23(29-2)18-11-7-4-8-12-18;1-2-6-4-7(3-1)8-5-6/h3-12,15-16,23H,13-14,24H2,1-2H3;1-4H,5H2. The van der Waals surface area contributed by atoms with Crippen molar-refractivity contribution in [3.63, 3.8) is 0 Å². The zero-order valence-corrected chi connectivity index (χ0v) is 21.5. The fourth-order valence-corrected chi connectivity index (χ4v) is 4.26. The molecule has 194 valence electrons. The highest BCUT2D eigenvalue weighted by molar-refractivity contribution is 5.65. The summed E-state index contributed by atoms with van der Waals surface area (Å²) in [5.41, 5.74) is 10.1. The fraction of sp³-hybridized carbons (Fsp3) is 0.233. The quantitative estimate of drug-likeness (QED) is 0.297. The number of nitrogen functional groups attached to an aromatic ring is 1. The van der Waals surface area contributed by atoms with E-state index in [2.05, 4.69) is 22.1 Å². The Morgan fingerprint density at radius 2 is 1.74 bits per heavy atom. The molecule has 3 aromatic carbocycles. The minimum atomic E-state index is -0.379. The van der Waals surface area contributed by atoms with Crippen LogP contribution in [0.1, 0.15) is 41.6 Å². The molecule has 0 fully saturated rings. The second-order valence-corrected chi connectivity index (χ2v) is 9.13. The van der Waals surface area contributed by atoms with Crippen LogP contribution in [-0.4, -0.2) is 33.2 Å². The van der Waals surface area contributed by atoms with E-state index in [0.29, 0.717) is 36.4 Å². The molecule has 0 radical (unpaired) electrons. The van der Waals surface area contributed by atoms with Gasteiger partial charge in [-0.15, -0.1) is 0 Å². The van der Waals surface area contributed by atoms with Gasteiger partial charge in [0.25, 0.3) is 0 Å². The van der Waals surface area contributed by atoms with Gasteiger partial charge in [-0.05, 0) is 23.3 Å². The molecule has 0 aliphatic carbocycles. The van der Waals surface area contributed by atoms with Crippen LogP contribution in [0, 0.1) is 0 Å². The Kier molecular flexibility index (Phi) is 7.92. The van der Waals surface area contributed by atoms with Crippen molar-refractivity contribution in [1.29, 1.82) is 0 Å². The number of anilines is 1. The summed E-state index contributed by atoms with van der Waals surface area (Å²) in [5, 5.41) is 0. The molecule has 0 saturated heterocycles. The smallest absolute Gasteiger partial charge is 0.168 e. The maximum Gasteiger partial charge on any atom is 0.168 e. The summed E-state index contributed by atoms with van der Waals surface area (Å²) in [7, 11) is 1.66. The molecule has 3 aromatic rings. The largest absolute Gasteiger partial charge is 0.489 e. The van der Waals surface area contributed by atoms with Gasteiger partial charge in [0.2, 0.25) is 0 Å². The van der Waals surface area contributed by atoms with Crippen molar-refractivity contribution in [2.45, 2.75) is 32.3 Å². The topological polar surface area (TPSA) is 97.3 Å². The van der Waals surface area contributed by atoms with Crippen LogP contribution >= 0.6 is 0 Å². The number of benzene rings is 3. The first kappa shape index (κ1) is 25.4. The highest BCUT2D eigenvalue weighted by Gasteiger charge is 2.25. The van der Waals surface area contributed by atoms with Crippen molar-refractivity contribution in [3.8, 4) is 17.3 Å². The SMILES string of the molecule is COC(c1ccccc1)n1cnc(N)c2nc(C(C)COCc3ccccc3)nc1-2.c1cc2cc(c1)OC2. The first-order valence-corrected chi connectivity index (χ1v) is 12.5. The molecular formula is C30H31N5O3. The number of rotatable bonds is 8. The van der Waals surface area contributed by atoms with Gasteiger partial charge in [-0.3, -0.25) is 4.57 Å². The van der Waals surface area contributed by atoms with Gasteiger partial charge in [-0.25, -0.2) is 15.0 Å². The molecule has 0 saturated carbocycles. The van der Waals surface area contributed by atoms with Gasteiger partial charge in [0.05, 0.1) is 13.2 Å². The Labute approximate surface area is 222 Å². The predicted molar refractivity (Wildman–Crippen MR) is 146 cm³/mol. The van der Waals surface area contributed by atoms with E-state index in [1.165, 1.54) is 5.56 Å². The van der Waals surface area contributed by atoms with Crippen LogP contribution in [0.15, 0.2) is 91.3 Å². The minimum absolute atomic E-state index is 0.00619. The molecule has 8 heteroatoms. The van der Waals surface area contributed by atoms with Gasteiger partial charge in [0, 0.05) is 18.6 Å². The molecular weight excluding hydrogens is 478 g/mol. The van der Waals surface area contributed by atoms with Gasteiger partial charge in [-0.1, -0.05) is 79.7 Å². The number of imidazole rings is 1. The van der Waals surface area contributed by atoms with E-state index < -0.39 is 0 Å². The van der Waals surface area contributed by atoms with E-state index in [1.54, 1.807) is 13.4 Å². The molecule has 3 aliphatic heterocycles. The van der Waals surface area contributed by atoms with Gasteiger partial charge < -0.3 is 19.9 Å². The van der Waals surface area contributed by atoms with Crippen LogP contribution in [0.4, 0.5) is 5.82 Å². The summed E-state index contributed by atoms with van der Waals surface area (Å²) in [6.07, 6.45) is 1.27. The third-order valence-electron chi connectivity index (χ3n) is 6.25. The Morgan fingerprint density at radius 1 is 0.974 bits per heavy atom. The first-order chi connectivity index (χ1) is 18.6. The van der Waals surface area contributed by atoms with Crippen molar-refractivity contribution in [2.24, 2.45) is 0 Å². The zero-order chi connectivity index (χ0) is 26.3. The molecule has 0 aromatic heterocycles. The molecule has 2 N–H and O–H groups in total. The van der Waals surface area contributed by atoms with Crippen LogP contribution in [0.3, 0.4) is 0 Å². The fourth-order valence-electron chi connectivity index (χ4n) is 4.26. The van der Waals surface area contributed by atoms with Crippen molar-refractivity contribution in [2.75, 3.05) is 19.5 Å². The molecule has 0 amide bonds. The summed E-state index contributed by atoms with van der Waals surface area (Å²) in [4.78, 5) is 13.7. The molecule has 8 nitrogen and oxygen atoms in total. The maximum absolute atomic E-state index is 6.10. The highest BCUT2D eigenvalue weighted by Crippen LogP contribution is 2.31. The van der Waals surface area contributed by atoms with E-state index >= 15 is 0 Å². The number of fused-ring (bicyclic) bond motifs is 3. The van der Waals surface area contributed by atoms with Crippen LogP contribution in [0.25, 0.3) is 11.5 Å². The second kappa shape index (κ2) is 11.9. The Morgan fingerprint density at radius 3 is 2.45 bits per heavy atom. The Bertz CT molecular complexity index is 1410. The summed E-state index contributed by atoms with van der Waals surface area (Å²) in [5.74, 6) is 2.67. The third kappa shape index (κ3) is 5.82. The number of hydrogen-bond donors (Lipinski definition) is 1. The molecule has 3 aliphatic rings. The van der Waals surface area contributed by atoms with E-state index in [1.807, 2.05) is 84.3 Å². The zero-order valence-electron chi connectivity index (χ0n) is 21.5. The summed E-state index contributed by atoms with van der Waals surface area (Å²) in [6.45, 7) is 3.86. The van der Waals surface area contributed by atoms with Gasteiger partial charge in [-0.2, -0.15) is 0 Å². The lowest BCUT2D eigenvalue weighted by Crippen LogP contribution is -2.17. The maximum atomic E-state index is 6.10. The van der Waals surface area contributed by atoms with Gasteiger partial charge in [0.15, 0.2) is 23.6 Å². The summed E-state index contributed by atoms with van der Waals surface area (Å²) < 4.78 is 18.7.